The fourth-order valence-corrected chi connectivity index (χ4v) is 4.27. The molecule has 0 bridgehead atoms. The largest absolute Gasteiger partial charge is 0.496 e. The predicted molar refractivity (Wildman–Crippen MR) is 121 cm³/mol. The number of amides is 2. The molecule has 0 radical (unpaired) electrons. The molecular formula is C25H21N3O4. The van der Waals surface area contributed by atoms with Gasteiger partial charge in [0.05, 0.1) is 23.6 Å². The molecule has 0 unspecified atom stereocenters. The van der Waals surface area contributed by atoms with Crippen molar-refractivity contribution in [3.8, 4) is 17.2 Å². The summed E-state index contributed by atoms with van der Waals surface area (Å²) in [6, 6.07) is 16.6. The van der Waals surface area contributed by atoms with Crippen molar-refractivity contribution in [3.05, 3.63) is 71.9 Å². The summed E-state index contributed by atoms with van der Waals surface area (Å²) in [5, 5.41) is 2.43. The van der Waals surface area contributed by atoms with E-state index in [4.69, 9.17) is 20.9 Å². The Morgan fingerprint density at radius 1 is 0.906 bits per heavy atom. The van der Waals surface area contributed by atoms with Crippen LogP contribution in [0.3, 0.4) is 0 Å². The lowest BCUT2D eigenvalue weighted by Gasteiger charge is -2.18. The van der Waals surface area contributed by atoms with Crippen LogP contribution in [0.25, 0.3) is 21.7 Å². The Labute approximate surface area is 183 Å². The fourth-order valence-electron chi connectivity index (χ4n) is 4.27. The molecule has 160 valence electrons. The molecular weight excluding hydrogens is 406 g/mol. The summed E-state index contributed by atoms with van der Waals surface area (Å²) in [5.41, 5.74) is 12.4. The van der Waals surface area contributed by atoms with Crippen LogP contribution in [0.1, 0.15) is 28.8 Å². The minimum atomic E-state index is -0.603. The Kier molecular flexibility index (Phi) is 4.48. The maximum Gasteiger partial charge on any atom is 0.252 e. The number of fused-ring (bicyclic) bond motifs is 2. The zero-order valence-electron chi connectivity index (χ0n) is 17.4. The number of methoxy groups -OCH3 is 1. The quantitative estimate of drug-likeness (QED) is 0.485. The van der Waals surface area contributed by atoms with E-state index in [1.54, 1.807) is 24.4 Å². The minimum absolute atomic E-state index is 0.246. The molecule has 0 aliphatic heterocycles. The van der Waals surface area contributed by atoms with Crippen LogP contribution in [-0.4, -0.2) is 23.9 Å². The topological polar surface area (TPSA) is 118 Å². The zero-order chi connectivity index (χ0) is 22.5. The number of hydrogen-bond acceptors (Lipinski definition) is 5. The molecule has 0 saturated heterocycles. The number of primary amides is 2. The van der Waals surface area contributed by atoms with E-state index in [1.807, 2.05) is 36.4 Å². The summed E-state index contributed by atoms with van der Waals surface area (Å²) in [6.07, 6.45) is 3.13. The fraction of sp³-hybridized carbons (Fsp3) is 0.160. The van der Waals surface area contributed by atoms with Crippen molar-refractivity contribution in [2.45, 2.75) is 18.3 Å². The van der Waals surface area contributed by atoms with E-state index in [2.05, 4.69) is 4.98 Å². The van der Waals surface area contributed by atoms with Crippen molar-refractivity contribution >= 4 is 33.5 Å². The highest BCUT2D eigenvalue weighted by Crippen LogP contribution is 2.51. The molecule has 1 saturated carbocycles. The minimum Gasteiger partial charge on any atom is -0.496 e. The van der Waals surface area contributed by atoms with E-state index in [0.29, 0.717) is 28.2 Å². The van der Waals surface area contributed by atoms with Gasteiger partial charge in [0.25, 0.3) is 5.91 Å². The summed E-state index contributed by atoms with van der Waals surface area (Å²) in [6.45, 7) is 0. The third kappa shape index (κ3) is 3.01. The molecule has 0 atom stereocenters. The number of rotatable bonds is 6. The van der Waals surface area contributed by atoms with Crippen LogP contribution in [0.2, 0.25) is 0 Å². The number of ether oxygens (including phenoxy) is 2. The molecule has 4 aromatic rings. The monoisotopic (exact) mass is 427 g/mol. The van der Waals surface area contributed by atoms with E-state index in [1.165, 1.54) is 7.11 Å². The predicted octanol–water partition coefficient (Wildman–Crippen LogP) is 3.80. The van der Waals surface area contributed by atoms with E-state index in [0.717, 1.165) is 29.2 Å². The molecule has 32 heavy (non-hydrogen) atoms. The van der Waals surface area contributed by atoms with Gasteiger partial charge in [-0.25, -0.2) is 0 Å². The highest BCUT2D eigenvalue weighted by Gasteiger charge is 2.50. The number of nitrogens with two attached hydrogens (primary N) is 2. The average molecular weight is 427 g/mol. The van der Waals surface area contributed by atoms with Gasteiger partial charge >= 0.3 is 0 Å². The van der Waals surface area contributed by atoms with Crippen LogP contribution < -0.4 is 20.9 Å². The normalized spacial score (nSPS) is 14.3. The van der Waals surface area contributed by atoms with E-state index in [-0.39, 0.29) is 11.5 Å². The first-order valence-electron chi connectivity index (χ1n) is 10.2. The van der Waals surface area contributed by atoms with Gasteiger partial charge in [-0.15, -0.1) is 0 Å². The van der Waals surface area contributed by atoms with Crippen LogP contribution in [0.15, 0.2) is 60.8 Å². The maximum absolute atomic E-state index is 12.1. The zero-order valence-corrected chi connectivity index (χ0v) is 17.4. The smallest absolute Gasteiger partial charge is 0.252 e. The summed E-state index contributed by atoms with van der Waals surface area (Å²) in [7, 11) is 1.47. The van der Waals surface area contributed by atoms with Crippen LogP contribution in [-0.2, 0) is 10.2 Å². The molecule has 3 aromatic carbocycles. The number of hydrogen-bond donors (Lipinski definition) is 2. The highest BCUT2D eigenvalue weighted by molar-refractivity contribution is 6.02. The van der Waals surface area contributed by atoms with Crippen molar-refractivity contribution in [1.29, 1.82) is 0 Å². The Balaban J connectivity index is 1.65. The third-order valence-corrected chi connectivity index (χ3v) is 6.13. The lowest BCUT2D eigenvalue weighted by atomic mass is 9.90. The standard InChI is InChI=1S/C25H21N3O4/c1-31-22-13-19-16(12-17(22)23(26)29)21(8-11-28-19)32-20-7-6-18(25(9-10-25)24(27)30)14-4-2-3-5-15(14)20/h2-8,11-13H,9-10H2,1H3,(H2,26,29)(H2,27,30). The van der Waals surface area contributed by atoms with Gasteiger partial charge < -0.3 is 20.9 Å². The summed E-state index contributed by atoms with van der Waals surface area (Å²) < 4.78 is 11.6. The molecule has 1 heterocycles. The molecule has 1 aromatic heterocycles. The summed E-state index contributed by atoms with van der Waals surface area (Å²) >= 11 is 0. The number of benzene rings is 3. The molecule has 2 amide bonds. The van der Waals surface area contributed by atoms with Crippen LogP contribution in [0, 0.1) is 0 Å². The van der Waals surface area contributed by atoms with Crippen molar-refractivity contribution in [2.24, 2.45) is 11.5 Å². The maximum atomic E-state index is 12.1. The van der Waals surface area contributed by atoms with Gasteiger partial charge in [0, 0.05) is 23.0 Å². The molecule has 1 fully saturated rings. The van der Waals surface area contributed by atoms with Crippen molar-refractivity contribution in [2.75, 3.05) is 7.11 Å². The molecule has 5 rings (SSSR count). The lowest BCUT2D eigenvalue weighted by Crippen LogP contribution is -2.28. The molecule has 7 nitrogen and oxygen atoms in total. The molecule has 0 spiro atoms. The average Bonchev–Trinajstić information content (AvgIpc) is 3.60. The van der Waals surface area contributed by atoms with Crippen molar-refractivity contribution in [1.82, 2.24) is 4.98 Å². The third-order valence-electron chi connectivity index (χ3n) is 6.13. The number of aromatic nitrogens is 1. The molecule has 4 N–H and O–H groups in total. The first kappa shape index (κ1) is 19.8. The van der Waals surface area contributed by atoms with Gasteiger partial charge in [0.2, 0.25) is 5.91 Å². The highest BCUT2D eigenvalue weighted by atomic mass is 16.5. The van der Waals surface area contributed by atoms with Gasteiger partial charge in [-0.3, -0.25) is 14.6 Å². The van der Waals surface area contributed by atoms with Gasteiger partial charge in [-0.05, 0) is 42.0 Å². The van der Waals surface area contributed by atoms with E-state index < -0.39 is 11.3 Å². The van der Waals surface area contributed by atoms with Crippen molar-refractivity contribution in [3.63, 3.8) is 0 Å². The second-order valence-electron chi connectivity index (χ2n) is 7.95. The lowest BCUT2D eigenvalue weighted by molar-refractivity contribution is -0.120. The first-order chi connectivity index (χ1) is 15.4. The van der Waals surface area contributed by atoms with Crippen LogP contribution in [0.5, 0.6) is 17.2 Å². The number of carbonyl (C=O) groups excluding carboxylic acids is 2. The number of carbonyl (C=O) groups is 2. The second kappa shape index (κ2) is 7.23. The molecule has 1 aliphatic rings. The first-order valence-corrected chi connectivity index (χ1v) is 10.2. The van der Waals surface area contributed by atoms with Gasteiger partial charge in [0.1, 0.15) is 17.2 Å². The Bertz CT molecular complexity index is 1410. The number of pyridine rings is 1. The van der Waals surface area contributed by atoms with Gasteiger partial charge in [0.15, 0.2) is 0 Å². The Morgan fingerprint density at radius 3 is 2.28 bits per heavy atom. The Morgan fingerprint density at radius 2 is 1.62 bits per heavy atom. The molecule has 7 heteroatoms. The van der Waals surface area contributed by atoms with Gasteiger partial charge in [-0.2, -0.15) is 0 Å². The SMILES string of the molecule is COc1cc2nccc(Oc3ccc(C4(C(N)=O)CC4)c4ccccc34)c2cc1C(N)=O. The second-order valence-corrected chi connectivity index (χ2v) is 7.95. The summed E-state index contributed by atoms with van der Waals surface area (Å²) in [5.74, 6) is 0.590. The van der Waals surface area contributed by atoms with E-state index in [9.17, 15) is 9.59 Å². The Hall–Kier alpha value is -4.13. The van der Waals surface area contributed by atoms with Crippen molar-refractivity contribution < 1.29 is 19.1 Å². The van der Waals surface area contributed by atoms with Crippen LogP contribution in [0.4, 0.5) is 0 Å². The molecule has 1 aliphatic carbocycles. The number of nitrogens with zero attached hydrogens (tertiary/aromatic N) is 1. The van der Waals surface area contributed by atoms with Crippen LogP contribution >= 0.6 is 0 Å². The van der Waals surface area contributed by atoms with E-state index >= 15 is 0 Å². The van der Waals surface area contributed by atoms with Gasteiger partial charge in [-0.1, -0.05) is 30.3 Å². The summed E-state index contributed by atoms with van der Waals surface area (Å²) in [4.78, 5) is 28.4.